The van der Waals surface area contributed by atoms with E-state index in [1.54, 1.807) is 7.11 Å². The van der Waals surface area contributed by atoms with Gasteiger partial charge in [0.15, 0.2) is 0 Å². The zero-order chi connectivity index (χ0) is 14.8. The van der Waals surface area contributed by atoms with Crippen molar-refractivity contribution < 1.29 is 4.74 Å². The molecule has 1 saturated carbocycles. The van der Waals surface area contributed by atoms with Crippen molar-refractivity contribution in [2.24, 2.45) is 5.73 Å². The van der Waals surface area contributed by atoms with Crippen LogP contribution >= 0.6 is 0 Å². The van der Waals surface area contributed by atoms with Gasteiger partial charge in [0.1, 0.15) is 5.75 Å². The molecule has 0 bridgehead atoms. The van der Waals surface area contributed by atoms with Gasteiger partial charge in [-0.05, 0) is 54.0 Å². The lowest BCUT2D eigenvalue weighted by molar-refractivity contribution is 0.411. The summed E-state index contributed by atoms with van der Waals surface area (Å²) in [5, 5.41) is 0. The Morgan fingerprint density at radius 1 is 1.10 bits per heavy atom. The van der Waals surface area contributed by atoms with Crippen LogP contribution in [0, 0.1) is 6.92 Å². The summed E-state index contributed by atoms with van der Waals surface area (Å²) >= 11 is 0. The van der Waals surface area contributed by atoms with E-state index in [1.807, 2.05) is 6.92 Å². The summed E-state index contributed by atoms with van der Waals surface area (Å²) in [5.74, 6) is 1.64. The van der Waals surface area contributed by atoms with Crippen LogP contribution in [0.25, 0.3) is 0 Å². The van der Waals surface area contributed by atoms with E-state index < -0.39 is 0 Å². The molecule has 1 aliphatic rings. The molecule has 1 aliphatic carbocycles. The largest absolute Gasteiger partial charge is 0.496 e. The van der Waals surface area contributed by atoms with Crippen molar-refractivity contribution in [3.05, 3.63) is 64.7 Å². The topological polar surface area (TPSA) is 35.2 Å². The van der Waals surface area contributed by atoms with Crippen molar-refractivity contribution in [2.75, 3.05) is 7.11 Å². The van der Waals surface area contributed by atoms with E-state index >= 15 is 0 Å². The first-order valence-corrected chi connectivity index (χ1v) is 7.69. The first-order valence-electron chi connectivity index (χ1n) is 7.69. The normalized spacial score (nSPS) is 16.3. The van der Waals surface area contributed by atoms with Crippen molar-refractivity contribution in [3.63, 3.8) is 0 Å². The maximum Gasteiger partial charge on any atom is 0.122 e. The van der Waals surface area contributed by atoms with E-state index in [1.165, 1.54) is 30.4 Å². The van der Waals surface area contributed by atoms with Crippen molar-refractivity contribution in [2.45, 2.75) is 38.1 Å². The Kier molecular flexibility index (Phi) is 3.98. The van der Waals surface area contributed by atoms with Crippen molar-refractivity contribution in [3.8, 4) is 5.75 Å². The minimum Gasteiger partial charge on any atom is -0.496 e. The third kappa shape index (κ3) is 2.81. The Labute approximate surface area is 126 Å². The monoisotopic (exact) mass is 281 g/mol. The second kappa shape index (κ2) is 5.90. The molecule has 0 heterocycles. The second-order valence-corrected chi connectivity index (χ2v) is 6.00. The Morgan fingerprint density at radius 3 is 2.52 bits per heavy atom. The smallest absolute Gasteiger partial charge is 0.122 e. The summed E-state index contributed by atoms with van der Waals surface area (Å²) in [7, 11) is 1.70. The van der Waals surface area contributed by atoms with Crippen molar-refractivity contribution in [1.29, 1.82) is 0 Å². The van der Waals surface area contributed by atoms with E-state index in [4.69, 9.17) is 10.5 Å². The SMILES string of the molecule is COc1cc(C(N)c2cccc(C3CCC3)c2)ccc1C. The van der Waals surface area contributed by atoms with Crippen LogP contribution < -0.4 is 10.5 Å². The third-order valence-electron chi connectivity index (χ3n) is 4.64. The highest BCUT2D eigenvalue weighted by Gasteiger charge is 2.20. The summed E-state index contributed by atoms with van der Waals surface area (Å²) in [6.45, 7) is 2.05. The first kappa shape index (κ1) is 14.2. The van der Waals surface area contributed by atoms with Gasteiger partial charge < -0.3 is 10.5 Å². The molecule has 110 valence electrons. The highest BCUT2D eigenvalue weighted by Crippen LogP contribution is 2.37. The molecule has 2 nitrogen and oxygen atoms in total. The average Bonchev–Trinajstić information content (AvgIpc) is 2.45. The molecule has 0 aromatic heterocycles. The van der Waals surface area contributed by atoms with Crippen molar-refractivity contribution in [1.82, 2.24) is 0 Å². The van der Waals surface area contributed by atoms with E-state index in [9.17, 15) is 0 Å². The molecule has 0 spiro atoms. The van der Waals surface area contributed by atoms with E-state index in [-0.39, 0.29) is 6.04 Å². The maximum absolute atomic E-state index is 6.46. The number of nitrogens with two attached hydrogens (primary N) is 1. The van der Waals surface area contributed by atoms with Gasteiger partial charge in [-0.1, -0.05) is 42.8 Å². The molecule has 0 aliphatic heterocycles. The van der Waals surface area contributed by atoms with E-state index in [0.717, 1.165) is 22.8 Å². The molecule has 21 heavy (non-hydrogen) atoms. The van der Waals surface area contributed by atoms with Crippen molar-refractivity contribution >= 4 is 0 Å². The fraction of sp³-hybridized carbons (Fsp3) is 0.368. The number of hydrogen-bond acceptors (Lipinski definition) is 2. The molecule has 2 N–H and O–H groups in total. The number of ether oxygens (including phenoxy) is 1. The molecule has 0 saturated heterocycles. The van der Waals surface area contributed by atoms with Gasteiger partial charge in [-0.2, -0.15) is 0 Å². The molecule has 2 aromatic carbocycles. The van der Waals surface area contributed by atoms with Gasteiger partial charge in [-0.25, -0.2) is 0 Å². The first-order chi connectivity index (χ1) is 10.2. The van der Waals surface area contributed by atoms with Crippen LogP contribution in [0.2, 0.25) is 0 Å². The molecule has 1 atom stereocenters. The van der Waals surface area contributed by atoms with Gasteiger partial charge in [0, 0.05) is 0 Å². The van der Waals surface area contributed by atoms with E-state index in [0.29, 0.717) is 0 Å². The van der Waals surface area contributed by atoms with Crippen LogP contribution in [0.3, 0.4) is 0 Å². The summed E-state index contributed by atoms with van der Waals surface area (Å²) in [6.07, 6.45) is 3.99. The maximum atomic E-state index is 6.46. The van der Waals surface area contributed by atoms with Gasteiger partial charge in [0.05, 0.1) is 13.2 Å². The van der Waals surface area contributed by atoms with Gasteiger partial charge in [-0.15, -0.1) is 0 Å². The molecular formula is C19H23NO. The minimum atomic E-state index is -0.0977. The van der Waals surface area contributed by atoms with Crippen LogP contribution in [0.1, 0.15) is 53.5 Å². The Morgan fingerprint density at radius 2 is 1.86 bits per heavy atom. The van der Waals surface area contributed by atoms with Crippen LogP contribution in [-0.2, 0) is 0 Å². The number of rotatable bonds is 4. The summed E-state index contributed by atoms with van der Waals surface area (Å²) in [6, 6.07) is 14.9. The lowest BCUT2D eigenvalue weighted by Crippen LogP contribution is -2.14. The zero-order valence-corrected chi connectivity index (χ0v) is 12.8. The quantitative estimate of drug-likeness (QED) is 0.906. The average molecular weight is 281 g/mol. The lowest BCUT2D eigenvalue weighted by atomic mass is 9.79. The Bertz CT molecular complexity index is 631. The van der Waals surface area contributed by atoms with E-state index in [2.05, 4.69) is 42.5 Å². The summed E-state index contributed by atoms with van der Waals surface area (Å²) in [4.78, 5) is 0. The fourth-order valence-electron chi connectivity index (χ4n) is 2.97. The zero-order valence-electron chi connectivity index (χ0n) is 12.8. The van der Waals surface area contributed by atoms with Crippen LogP contribution in [0.5, 0.6) is 5.75 Å². The summed E-state index contributed by atoms with van der Waals surface area (Å²) < 4.78 is 5.40. The molecule has 1 fully saturated rings. The number of benzene rings is 2. The van der Waals surface area contributed by atoms with Gasteiger partial charge >= 0.3 is 0 Å². The molecule has 3 rings (SSSR count). The highest BCUT2D eigenvalue weighted by molar-refractivity contribution is 5.42. The number of hydrogen-bond donors (Lipinski definition) is 1. The second-order valence-electron chi connectivity index (χ2n) is 6.00. The predicted molar refractivity (Wildman–Crippen MR) is 86.8 cm³/mol. The molecule has 0 amide bonds. The summed E-state index contributed by atoms with van der Waals surface area (Å²) in [5.41, 5.74) is 11.3. The number of methoxy groups -OCH3 is 1. The van der Waals surface area contributed by atoms with Gasteiger partial charge in [0.25, 0.3) is 0 Å². The fourth-order valence-corrected chi connectivity index (χ4v) is 2.97. The molecule has 2 aromatic rings. The molecule has 0 radical (unpaired) electrons. The minimum absolute atomic E-state index is 0.0977. The molecule has 2 heteroatoms. The van der Waals surface area contributed by atoms with Crippen LogP contribution in [0.4, 0.5) is 0 Å². The van der Waals surface area contributed by atoms with Gasteiger partial charge in [0.2, 0.25) is 0 Å². The highest BCUT2D eigenvalue weighted by atomic mass is 16.5. The lowest BCUT2D eigenvalue weighted by Gasteiger charge is -2.26. The predicted octanol–water partition coefficient (Wildman–Crippen LogP) is 4.32. The Hall–Kier alpha value is -1.80. The van der Waals surface area contributed by atoms with Gasteiger partial charge in [-0.3, -0.25) is 0 Å². The number of aryl methyl sites for hydroxylation is 1. The third-order valence-corrected chi connectivity index (χ3v) is 4.64. The van der Waals surface area contributed by atoms with Crippen LogP contribution in [-0.4, -0.2) is 7.11 Å². The molecule has 1 unspecified atom stereocenters. The standard InChI is InChI=1S/C19H23NO/c1-13-9-10-17(12-18(13)21-2)19(20)16-8-4-7-15(11-16)14-5-3-6-14/h4,7-12,14,19H,3,5-6,20H2,1-2H3. The Balaban J connectivity index is 1.89. The molecular weight excluding hydrogens is 258 g/mol. The van der Waals surface area contributed by atoms with Crippen LogP contribution in [0.15, 0.2) is 42.5 Å².